The number of carboxylic acid groups (broad SMARTS) is 1. The third kappa shape index (κ3) is 2.88. The molecule has 1 N–H and O–H groups in total. The first-order valence-corrected chi connectivity index (χ1v) is 7.38. The fraction of sp³-hybridized carbons (Fsp3) is 0.588. The number of likely N-dealkylation sites (tertiary alicyclic amines) is 1. The van der Waals surface area contributed by atoms with Gasteiger partial charge in [-0.05, 0) is 70.3 Å². The van der Waals surface area contributed by atoms with Crippen molar-refractivity contribution in [2.24, 2.45) is 5.41 Å². The van der Waals surface area contributed by atoms with Gasteiger partial charge in [-0.2, -0.15) is 0 Å². The molecule has 1 atom stereocenters. The van der Waals surface area contributed by atoms with Gasteiger partial charge in [0.15, 0.2) is 0 Å². The Morgan fingerprint density at radius 2 is 1.85 bits per heavy atom. The molecular formula is C17H25NO2. The maximum absolute atomic E-state index is 11.3. The monoisotopic (exact) mass is 275 g/mol. The molecule has 1 saturated heterocycles. The highest BCUT2D eigenvalue weighted by molar-refractivity contribution is 5.74. The SMILES string of the molecule is Cc1ccc(C(C)N2CCC(C)(C(=O)O)CC2)cc1C. The molecule has 0 aliphatic carbocycles. The van der Waals surface area contributed by atoms with Crippen molar-refractivity contribution in [2.75, 3.05) is 13.1 Å². The van der Waals surface area contributed by atoms with Crippen molar-refractivity contribution in [1.29, 1.82) is 0 Å². The van der Waals surface area contributed by atoms with Crippen molar-refractivity contribution >= 4 is 5.97 Å². The fourth-order valence-corrected chi connectivity index (χ4v) is 2.85. The molecule has 1 unspecified atom stereocenters. The van der Waals surface area contributed by atoms with Crippen LogP contribution >= 0.6 is 0 Å². The zero-order valence-electron chi connectivity index (χ0n) is 12.9. The van der Waals surface area contributed by atoms with Crippen LogP contribution in [-0.4, -0.2) is 29.1 Å². The van der Waals surface area contributed by atoms with Crippen molar-refractivity contribution in [3.05, 3.63) is 34.9 Å². The summed E-state index contributed by atoms with van der Waals surface area (Å²) in [6.45, 7) is 10.1. The van der Waals surface area contributed by atoms with Gasteiger partial charge in [0.1, 0.15) is 0 Å². The van der Waals surface area contributed by atoms with E-state index in [1.54, 1.807) is 0 Å². The Morgan fingerprint density at radius 1 is 1.25 bits per heavy atom. The van der Waals surface area contributed by atoms with Crippen LogP contribution in [0.5, 0.6) is 0 Å². The number of carboxylic acids is 1. The van der Waals surface area contributed by atoms with Gasteiger partial charge >= 0.3 is 5.97 Å². The van der Waals surface area contributed by atoms with E-state index >= 15 is 0 Å². The lowest BCUT2D eigenvalue weighted by Gasteiger charge is -2.39. The van der Waals surface area contributed by atoms with Gasteiger partial charge in [0, 0.05) is 6.04 Å². The van der Waals surface area contributed by atoms with Crippen LogP contribution in [0.3, 0.4) is 0 Å². The second-order valence-electron chi connectivity index (χ2n) is 6.42. The third-order valence-electron chi connectivity index (χ3n) is 4.98. The van der Waals surface area contributed by atoms with E-state index in [4.69, 9.17) is 0 Å². The van der Waals surface area contributed by atoms with Gasteiger partial charge in [-0.3, -0.25) is 9.69 Å². The normalized spacial score (nSPS) is 20.6. The van der Waals surface area contributed by atoms with Gasteiger partial charge in [-0.25, -0.2) is 0 Å². The fourth-order valence-electron chi connectivity index (χ4n) is 2.85. The average Bonchev–Trinajstić information content (AvgIpc) is 2.42. The molecule has 1 heterocycles. The van der Waals surface area contributed by atoms with Crippen molar-refractivity contribution < 1.29 is 9.90 Å². The zero-order valence-corrected chi connectivity index (χ0v) is 12.9. The molecule has 0 spiro atoms. The molecule has 0 bridgehead atoms. The largest absolute Gasteiger partial charge is 0.481 e. The molecular weight excluding hydrogens is 250 g/mol. The Kier molecular flexibility index (Phi) is 4.19. The maximum atomic E-state index is 11.3. The van der Waals surface area contributed by atoms with E-state index in [1.807, 2.05) is 6.92 Å². The standard InChI is InChI=1S/C17H25NO2/c1-12-5-6-15(11-13(12)2)14(3)18-9-7-17(4,8-10-18)16(19)20/h5-6,11,14H,7-10H2,1-4H3,(H,19,20). The van der Waals surface area contributed by atoms with Gasteiger partial charge in [0.25, 0.3) is 0 Å². The Bertz CT molecular complexity index is 502. The van der Waals surface area contributed by atoms with Gasteiger partial charge in [0.05, 0.1) is 5.41 Å². The van der Waals surface area contributed by atoms with Crippen LogP contribution in [0.1, 0.15) is 49.4 Å². The first-order chi connectivity index (χ1) is 9.33. The van der Waals surface area contributed by atoms with Crippen molar-refractivity contribution in [2.45, 2.75) is 46.6 Å². The number of piperidine rings is 1. The van der Waals surface area contributed by atoms with E-state index in [2.05, 4.69) is 43.9 Å². The highest BCUT2D eigenvalue weighted by Crippen LogP contribution is 2.34. The number of nitrogens with zero attached hydrogens (tertiary/aromatic N) is 1. The number of carbonyl (C=O) groups is 1. The summed E-state index contributed by atoms with van der Waals surface area (Å²) in [7, 11) is 0. The van der Waals surface area contributed by atoms with Crippen LogP contribution in [-0.2, 0) is 4.79 Å². The lowest BCUT2D eigenvalue weighted by molar-refractivity contribution is -0.151. The van der Waals surface area contributed by atoms with Crippen molar-refractivity contribution in [3.63, 3.8) is 0 Å². The minimum absolute atomic E-state index is 0.354. The molecule has 20 heavy (non-hydrogen) atoms. The van der Waals surface area contributed by atoms with E-state index in [-0.39, 0.29) is 0 Å². The molecule has 2 rings (SSSR count). The topological polar surface area (TPSA) is 40.5 Å². The second-order valence-corrected chi connectivity index (χ2v) is 6.42. The first kappa shape index (κ1) is 15.0. The molecule has 1 aromatic rings. The molecule has 1 aliphatic rings. The quantitative estimate of drug-likeness (QED) is 0.917. The predicted octanol–water partition coefficient (Wildman–Crippen LogP) is 3.55. The lowest BCUT2D eigenvalue weighted by atomic mass is 9.80. The summed E-state index contributed by atoms with van der Waals surface area (Å²) in [5.41, 5.74) is 3.42. The summed E-state index contributed by atoms with van der Waals surface area (Å²) >= 11 is 0. The Labute approximate surface area is 121 Å². The molecule has 3 nitrogen and oxygen atoms in total. The van der Waals surface area contributed by atoms with E-state index in [0.29, 0.717) is 6.04 Å². The Hall–Kier alpha value is -1.35. The Balaban J connectivity index is 2.06. The summed E-state index contributed by atoms with van der Waals surface area (Å²) in [5.74, 6) is -0.656. The van der Waals surface area contributed by atoms with E-state index < -0.39 is 11.4 Å². The number of aliphatic carboxylic acids is 1. The van der Waals surface area contributed by atoms with E-state index in [9.17, 15) is 9.90 Å². The number of aryl methyl sites for hydroxylation is 2. The number of hydrogen-bond donors (Lipinski definition) is 1. The molecule has 110 valence electrons. The minimum Gasteiger partial charge on any atom is -0.481 e. The highest BCUT2D eigenvalue weighted by Gasteiger charge is 2.37. The van der Waals surface area contributed by atoms with E-state index in [1.165, 1.54) is 16.7 Å². The van der Waals surface area contributed by atoms with Crippen LogP contribution in [0.4, 0.5) is 0 Å². The maximum Gasteiger partial charge on any atom is 0.309 e. The number of rotatable bonds is 3. The van der Waals surface area contributed by atoms with Gasteiger partial charge in [-0.15, -0.1) is 0 Å². The summed E-state index contributed by atoms with van der Waals surface area (Å²) in [6, 6.07) is 6.97. The number of hydrogen-bond acceptors (Lipinski definition) is 2. The van der Waals surface area contributed by atoms with Gasteiger partial charge < -0.3 is 5.11 Å². The second kappa shape index (κ2) is 5.57. The zero-order chi connectivity index (χ0) is 14.9. The average molecular weight is 275 g/mol. The summed E-state index contributed by atoms with van der Waals surface area (Å²) in [5, 5.41) is 9.29. The molecule has 1 aliphatic heterocycles. The summed E-state index contributed by atoms with van der Waals surface area (Å²) in [6.07, 6.45) is 1.47. The van der Waals surface area contributed by atoms with Crippen LogP contribution in [0, 0.1) is 19.3 Å². The molecule has 3 heteroatoms. The Morgan fingerprint density at radius 3 is 2.35 bits per heavy atom. The smallest absolute Gasteiger partial charge is 0.309 e. The molecule has 1 aromatic carbocycles. The van der Waals surface area contributed by atoms with Crippen LogP contribution in [0.15, 0.2) is 18.2 Å². The number of benzene rings is 1. The predicted molar refractivity (Wildman–Crippen MR) is 80.9 cm³/mol. The highest BCUT2D eigenvalue weighted by atomic mass is 16.4. The van der Waals surface area contributed by atoms with Gasteiger partial charge in [-0.1, -0.05) is 18.2 Å². The van der Waals surface area contributed by atoms with Crippen LogP contribution in [0.25, 0.3) is 0 Å². The molecule has 0 aromatic heterocycles. The van der Waals surface area contributed by atoms with Crippen LogP contribution < -0.4 is 0 Å². The van der Waals surface area contributed by atoms with Crippen molar-refractivity contribution in [3.8, 4) is 0 Å². The molecule has 0 saturated carbocycles. The van der Waals surface area contributed by atoms with Gasteiger partial charge in [0.2, 0.25) is 0 Å². The van der Waals surface area contributed by atoms with Crippen LogP contribution in [0.2, 0.25) is 0 Å². The third-order valence-corrected chi connectivity index (χ3v) is 4.98. The lowest BCUT2D eigenvalue weighted by Crippen LogP contribution is -2.43. The summed E-state index contributed by atoms with van der Waals surface area (Å²) < 4.78 is 0. The molecule has 0 radical (unpaired) electrons. The molecule has 0 amide bonds. The minimum atomic E-state index is -0.656. The molecule has 1 fully saturated rings. The van der Waals surface area contributed by atoms with E-state index in [0.717, 1.165) is 25.9 Å². The first-order valence-electron chi connectivity index (χ1n) is 7.38. The van der Waals surface area contributed by atoms with Crippen molar-refractivity contribution in [1.82, 2.24) is 4.90 Å². The summed E-state index contributed by atoms with van der Waals surface area (Å²) in [4.78, 5) is 13.7.